The maximum Gasteiger partial charge on any atom is 0.261 e. The van der Waals surface area contributed by atoms with Crippen molar-refractivity contribution < 1.29 is 21.6 Å². The minimum absolute atomic E-state index is 0.210. The topological polar surface area (TPSA) is 135 Å². The van der Waals surface area contributed by atoms with E-state index in [2.05, 4.69) is 10.0 Å². The number of carbonyl (C=O) groups excluding carboxylic acids is 1. The second-order valence-electron chi connectivity index (χ2n) is 4.89. The number of anilines is 2. The van der Waals surface area contributed by atoms with Crippen LogP contribution in [0.15, 0.2) is 58.3 Å². The summed E-state index contributed by atoms with van der Waals surface area (Å²) in [5.41, 5.74) is 0.628. The van der Waals surface area contributed by atoms with E-state index in [-0.39, 0.29) is 21.4 Å². The third-order valence-electron chi connectivity index (χ3n) is 2.88. The van der Waals surface area contributed by atoms with Gasteiger partial charge in [-0.05, 0) is 36.4 Å². The number of rotatable bonds is 5. The molecular formula is C14H15N3O5S2. The van der Waals surface area contributed by atoms with Gasteiger partial charge < -0.3 is 5.32 Å². The number of carbonyl (C=O) groups is 1. The fourth-order valence-electron chi connectivity index (χ4n) is 1.90. The van der Waals surface area contributed by atoms with Crippen molar-refractivity contribution >= 4 is 37.3 Å². The van der Waals surface area contributed by atoms with Crippen molar-refractivity contribution in [1.82, 2.24) is 0 Å². The van der Waals surface area contributed by atoms with Crippen LogP contribution in [0.25, 0.3) is 0 Å². The van der Waals surface area contributed by atoms with Crippen LogP contribution in [0, 0.1) is 0 Å². The monoisotopic (exact) mass is 369 g/mol. The highest BCUT2D eigenvalue weighted by Crippen LogP contribution is 2.21. The van der Waals surface area contributed by atoms with Gasteiger partial charge in [0.2, 0.25) is 15.9 Å². The lowest BCUT2D eigenvalue weighted by Crippen LogP contribution is -2.16. The molecular weight excluding hydrogens is 354 g/mol. The van der Waals surface area contributed by atoms with Crippen LogP contribution in [-0.2, 0) is 24.8 Å². The van der Waals surface area contributed by atoms with Crippen LogP contribution in [0.1, 0.15) is 6.92 Å². The van der Waals surface area contributed by atoms with Crippen molar-refractivity contribution in [1.29, 1.82) is 0 Å². The molecule has 2 rings (SSSR count). The highest BCUT2D eigenvalue weighted by Gasteiger charge is 2.17. The Morgan fingerprint density at radius 1 is 0.917 bits per heavy atom. The predicted molar refractivity (Wildman–Crippen MR) is 89.4 cm³/mol. The molecule has 0 atom stereocenters. The molecule has 128 valence electrons. The molecule has 0 aromatic heterocycles. The van der Waals surface area contributed by atoms with E-state index in [0.29, 0.717) is 5.69 Å². The largest absolute Gasteiger partial charge is 0.326 e. The summed E-state index contributed by atoms with van der Waals surface area (Å²) in [7, 11) is -8.04. The Balaban J connectivity index is 2.34. The summed E-state index contributed by atoms with van der Waals surface area (Å²) in [6, 6.07) is 10.8. The maximum absolute atomic E-state index is 12.4. The van der Waals surface area contributed by atoms with E-state index in [9.17, 15) is 21.6 Å². The molecule has 0 aliphatic heterocycles. The lowest BCUT2D eigenvalue weighted by molar-refractivity contribution is -0.114. The first-order valence-electron chi connectivity index (χ1n) is 6.61. The quantitative estimate of drug-likeness (QED) is 0.725. The number of benzene rings is 2. The zero-order chi connectivity index (χ0) is 18.0. The molecule has 0 radical (unpaired) electrons. The van der Waals surface area contributed by atoms with Gasteiger partial charge in [-0.3, -0.25) is 9.52 Å². The minimum Gasteiger partial charge on any atom is -0.326 e. The van der Waals surface area contributed by atoms with Gasteiger partial charge in [-0.25, -0.2) is 22.0 Å². The summed E-state index contributed by atoms with van der Waals surface area (Å²) in [6.07, 6.45) is 0. The van der Waals surface area contributed by atoms with Gasteiger partial charge in [0.25, 0.3) is 10.0 Å². The molecule has 0 unspecified atom stereocenters. The standard InChI is InChI=1S/C14H15N3O5S2/c1-10(18)16-11-4-2-5-12(8-11)17-24(21,22)14-7-3-6-13(9-14)23(15,19)20/h2-9,17H,1H3,(H,16,18)(H2,15,19,20). The first kappa shape index (κ1) is 17.9. The van der Waals surface area contributed by atoms with Crippen molar-refractivity contribution in [3.05, 3.63) is 48.5 Å². The molecule has 0 saturated heterocycles. The molecule has 8 nitrogen and oxygen atoms in total. The summed E-state index contributed by atoms with van der Waals surface area (Å²) in [5, 5.41) is 7.53. The van der Waals surface area contributed by atoms with E-state index in [1.807, 2.05) is 0 Å². The van der Waals surface area contributed by atoms with Gasteiger partial charge in [0.1, 0.15) is 0 Å². The minimum atomic E-state index is -4.02. The van der Waals surface area contributed by atoms with Crippen LogP contribution < -0.4 is 15.2 Å². The summed E-state index contributed by atoms with van der Waals surface area (Å²) in [6.45, 7) is 1.33. The second-order valence-corrected chi connectivity index (χ2v) is 8.13. The number of hydrogen-bond acceptors (Lipinski definition) is 5. The van der Waals surface area contributed by atoms with E-state index in [0.717, 1.165) is 6.07 Å². The first-order valence-corrected chi connectivity index (χ1v) is 9.64. The Morgan fingerprint density at radius 2 is 1.50 bits per heavy atom. The van der Waals surface area contributed by atoms with E-state index in [1.54, 1.807) is 12.1 Å². The summed E-state index contributed by atoms with van der Waals surface area (Å²) >= 11 is 0. The Bertz CT molecular complexity index is 985. The SMILES string of the molecule is CC(=O)Nc1cccc(NS(=O)(=O)c2cccc(S(N)(=O)=O)c2)c1. The Labute approximate surface area is 139 Å². The molecule has 0 spiro atoms. The number of sulfonamides is 2. The average molecular weight is 369 g/mol. The first-order chi connectivity index (χ1) is 11.1. The maximum atomic E-state index is 12.4. The molecule has 0 aliphatic carbocycles. The van der Waals surface area contributed by atoms with Gasteiger partial charge in [-0.15, -0.1) is 0 Å². The van der Waals surface area contributed by atoms with Gasteiger partial charge in [0, 0.05) is 12.6 Å². The smallest absolute Gasteiger partial charge is 0.261 e. The van der Waals surface area contributed by atoms with Crippen LogP contribution in [0.5, 0.6) is 0 Å². The molecule has 1 amide bonds. The molecule has 0 bridgehead atoms. The average Bonchev–Trinajstić information content (AvgIpc) is 2.45. The van der Waals surface area contributed by atoms with Crippen LogP contribution in [0.3, 0.4) is 0 Å². The van der Waals surface area contributed by atoms with Crippen molar-refractivity contribution in [3.63, 3.8) is 0 Å². The lowest BCUT2D eigenvalue weighted by Gasteiger charge is -2.10. The zero-order valence-corrected chi connectivity index (χ0v) is 14.2. The van der Waals surface area contributed by atoms with Crippen LogP contribution >= 0.6 is 0 Å². The zero-order valence-electron chi connectivity index (χ0n) is 12.6. The van der Waals surface area contributed by atoms with Gasteiger partial charge in [-0.2, -0.15) is 0 Å². The molecule has 2 aromatic rings. The second kappa shape index (κ2) is 6.59. The van der Waals surface area contributed by atoms with E-state index >= 15 is 0 Å². The normalized spacial score (nSPS) is 11.8. The molecule has 0 fully saturated rings. The van der Waals surface area contributed by atoms with Crippen molar-refractivity contribution in [2.75, 3.05) is 10.0 Å². The Kier molecular flexibility index (Phi) is 4.92. The number of amides is 1. The van der Waals surface area contributed by atoms with Crippen molar-refractivity contribution in [2.24, 2.45) is 5.14 Å². The lowest BCUT2D eigenvalue weighted by atomic mass is 10.3. The highest BCUT2D eigenvalue weighted by molar-refractivity contribution is 7.93. The molecule has 4 N–H and O–H groups in total. The van der Waals surface area contributed by atoms with Gasteiger partial charge >= 0.3 is 0 Å². The van der Waals surface area contributed by atoms with Crippen molar-refractivity contribution in [3.8, 4) is 0 Å². The molecule has 0 heterocycles. The van der Waals surface area contributed by atoms with Crippen LogP contribution in [0.2, 0.25) is 0 Å². The predicted octanol–water partition coefficient (Wildman–Crippen LogP) is 1.09. The molecule has 0 saturated carbocycles. The van der Waals surface area contributed by atoms with Gasteiger partial charge in [-0.1, -0.05) is 12.1 Å². The molecule has 10 heteroatoms. The fourth-order valence-corrected chi connectivity index (χ4v) is 3.63. The van der Waals surface area contributed by atoms with Gasteiger partial charge in [0.05, 0.1) is 15.5 Å². The molecule has 0 aliphatic rings. The van der Waals surface area contributed by atoms with E-state index < -0.39 is 20.0 Å². The highest BCUT2D eigenvalue weighted by atomic mass is 32.2. The number of nitrogens with one attached hydrogen (secondary N) is 2. The van der Waals surface area contributed by atoms with E-state index in [4.69, 9.17) is 5.14 Å². The molecule has 2 aromatic carbocycles. The van der Waals surface area contributed by atoms with Crippen molar-refractivity contribution in [2.45, 2.75) is 16.7 Å². The van der Waals surface area contributed by atoms with Crippen LogP contribution in [0.4, 0.5) is 11.4 Å². The Hall–Kier alpha value is -2.43. The Morgan fingerprint density at radius 3 is 2.12 bits per heavy atom. The van der Waals surface area contributed by atoms with E-state index in [1.165, 1.54) is 37.3 Å². The fraction of sp³-hybridized carbons (Fsp3) is 0.0714. The number of nitrogens with two attached hydrogens (primary N) is 1. The summed E-state index contributed by atoms with van der Waals surface area (Å²) in [4.78, 5) is 10.5. The number of hydrogen-bond donors (Lipinski definition) is 3. The third-order valence-corrected chi connectivity index (χ3v) is 5.17. The third kappa shape index (κ3) is 4.54. The van der Waals surface area contributed by atoms with Gasteiger partial charge in [0.15, 0.2) is 0 Å². The summed E-state index contributed by atoms with van der Waals surface area (Å²) in [5.74, 6) is -0.295. The molecule has 24 heavy (non-hydrogen) atoms. The number of primary sulfonamides is 1. The van der Waals surface area contributed by atoms with Crippen LogP contribution in [-0.4, -0.2) is 22.7 Å². The summed E-state index contributed by atoms with van der Waals surface area (Å²) < 4.78 is 49.8.